The fraction of sp³-hybridized carbons (Fsp3) is 0.667. The van der Waals surface area contributed by atoms with Crippen LogP contribution >= 0.6 is 0 Å². The van der Waals surface area contributed by atoms with Crippen LogP contribution in [-0.2, 0) is 14.4 Å². The Morgan fingerprint density at radius 2 is 1.76 bits per heavy atom. The Bertz CT molecular complexity index is 431. The molecule has 1 rings (SSSR count). The maximum atomic E-state index is 11.9. The number of carbonyl (C=O) groups excluding carboxylic acids is 2. The number of carboxylic acids is 2. The molecule has 1 heterocycles. The van der Waals surface area contributed by atoms with Crippen LogP contribution in [0, 0.1) is 5.92 Å². The highest BCUT2D eigenvalue weighted by Crippen LogP contribution is 2.16. The van der Waals surface area contributed by atoms with Gasteiger partial charge in [0, 0.05) is 25.4 Å². The number of rotatable bonds is 6. The van der Waals surface area contributed by atoms with Gasteiger partial charge in [-0.2, -0.15) is 0 Å². The van der Waals surface area contributed by atoms with Gasteiger partial charge in [-0.05, 0) is 19.3 Å². The van der Waals surface area contributed by atoms with Gasteiger partial charge in [-0.3, -0.25) is 9.59 Å². The van der Waals surface area contributed by atoms with Gasteiger partial charge in [0.2, 0.25) is 5.91 Å². The molecule has 3 amide bonds. The van der Waals surface area contributed by atoms with Crippen molar-refractivity contribution in [2.24, 2.45) is 11.7 Å². The van der Waals surface area contributed by atoms with E-state index in [-0.39, 0.29) is 18.8 Å². The van der Waals surface area contributed by atoms with E-state index in [0.29, 0.717) is 25.9 Å². The van der Waals surface area contributed by atoms with Gasteiger partial charge in [0.1, 0.15) is 6.04 Å². The third-order valence-corrected chi connectivity index (χ3v) is 3.43. The van der Waals surface area contributed by atoms with Gasteiger partial charge >= 0.3 is 18.0 Å². The first-order valence-corrected chi connectivity index (χ1v) is 6.60. The highest BCUT2D eigenvalue weighted by molar-refractivity contribution is 5.83. The van der Waals surface area contributed by atoms with Crippen LogP contribution < -0.4 is 11.1 Å². The molecule has 1 unspecified atom stereocenters. The Kier molecular flexibility index (Phi) is 5.94. The highest BCUT2D eigenvalue weighted by atomic mass is 16.4. The normalized spacial score (nSPS) is 17.0. The molecular weight excluding hydrogens is 282 g/mol. The number of urea groups is 1. The molecule has 1 fully saturated rings. The predicted octanol–water partition coefficient (Wildman–Crippen LogP) is -0.789. The summed E-state index contributed by atoms with van der Waals surface area (Å²) in [4.78, 5) is 45.8. The maximum absolute atomic E-state index is 11.9. The van der Waals surface area contributed by atoms with E-state index in [1.807, 2.05) is 0 Å². The monoisotopic (exact) mass is 301 g/mol. The fourth-order valence-electron chi connectivity index (χ4n) is 2.13. The summed E-state index contributed by atoms with van der Waals surface area (Å²) in [5.74, 6) is -3.08. The van der Waals surface area contributed by atoms with Crippen molar-refractivity contribution in [2.45, 2.75) is 31.7 Å². The molecule has 9 nitrogen and oxygen atoms in total. The molecule has 1 aliphatic rings. The molecule has 0 spiro atoms. The topological polar surface area (TPSA) is 150 Å². The molecule has 0 aromatic heterocycles. The molecule has 0 aromatic carbocycles. The van der Waals surface area contributed by atoms with Crippen molar-refractivity contribution in [1.29, 1.82) is 0 Å². The smallest absolute Gasteiger partial charge is 0.326 e. The average molecular weight is 301 g/mol. The summed E-state index contributed by atoms with van der Waals surface area (Å²) in [7, 11) is 0. The third-order valence-electron chi connectivity index (χ3n) is 3.43. The lowest BCUT2D eigenvalue weighted by molar-refractivity contribution is -0.140. The number of nitrogens with one attached hydrogen (secondary N) is 1. The van der Waals surface area contributed by atoms with E-state index in [4.69, 9.17) is 15.9 Å². The van der Waals surface area contributed by atoms with Gasteiger partial charge < -0.3 is 26.2 Å². The zero-order valence-electron chi connectivity index (χ0n) is 11.4. The molecule has 21 heavy (non-hydrogen) atoms. The van der Waals surface area contributed by atoms with Crippen molar-refractivity contribution in [3.63, 3.8) is 0 Å². The van der Waals surface area contributed by atoms with Crippen LogP contribution in [-0.4, -0.2) is 58.1 Å². The van der Waals surface area contributed by atoms with Crippen LogP contribution in [0.4, 0.5) is 4.79 Å². The summed E-state index contributed by atoms with van der Waals surface area (Å²) < 4.78 is 0. The molecule has 118 valence electrons. The van der Waals surface area contributed by atoms with E-state index in [2.05, 4.69) is 5.32 Å². The average Bonchev–Trinajstić information content (AvgIpc) is 2.42. The van der Waals surface area contributed by atoms with Crippen molar-refractivity contribution >= 4 is 23.9 Å². The number of hydrogen-bond acceptors (Lipinski definition) is 4. The van der Waals surface area contributed by atoms with Crippen LogP contribution in [0.15, 0.2) is 0 Å². The largest absolute Gasteiger partial charge is 0.481 e. The second kappa shape index (κ2) is 7.46. The Morgan fingerprint density at radius 3 is 2.19 bits per heavy atom. The van der Waals surface area contributed by atoms with Crippen molar-refractivity contribution in [3.05, 3.63) is 0 Å². The Morgan fingerprint density at radius 1 is 1.19 bits per heavy atom. The van der Waals surface area contributed by atoms with Gasteiger partial charge in [0.15, 0.2) is 0 Å². The minimum Gasteiger partial charge on any atom is -0.481 e. The van der Waals surface area contributed by atoms with Crippen molar-refractivity contribution in [1.82, 2.24) is 10.2 Å². The second-order valence-electron chi connectivity index (χ2n) is 4.94. The fourth-order valence-corrected chi connectivity index (χ4v) is 2.13. The van der Waals surface area contributed by atoms with Crippen LogP contribution in [0.25, 0.3) is 0 Å². The van der Waals surface area contributed by atoms with Gasteiger partial charge in [0.05, 0.1) is 0 Å². The molecule has 1 atom stereocenters. The quantitative estimate of drug-likeness (QED) is 0.505. The van der Waals surface area contributed by atoms with E-state index in [1.165, 1.54) is 4.90 Å². The molecule has 1 saturated heterocycles. The molecule has 0 aliphatic carbocycles. The van der Waals surface area contributed by atoms with E-state index in [1.54, 1.807) is 0 Å². The Labute approximate surface area is 121 Å². The van der Waals surface area contributed by atoms with Crippen molar-refractivity contribution < 1.29 is 29.4 Å². The Balaban J connectivity index is 2.49. The number of nitrogens with zero attached hydrogens (tertiary/aromatic N) is 1. The first-order chi connectivity index (χ1) is 9.81. The van der Waals surface area contributed by atoms with Crippen LogP contribution in [0.2, 0.25) is 0 Å². The van der Waals surface area contributed by atoms with E-state index in [9.17, 15) is 19.2 Å². The summed E-state index contributed by atoms with van der Waals surface area (Å²) in [5, 5.41) is 19.8. The van der Waals surface area contributed by atoms with Gasteiger partial charge in [-0.25, -0.2) is 9.59 Å². The number of nitrogens with two attached hydrogens (primary N) is 1. The van der Waals surface area contributed by atoms with E-state index in [0.717, 1.165) is 0 Å². The first-order valence-electron chi connectivity index (χ1n) is 6.60. The SMILES string of the molecule is NC(=O)C1CCN(C(=O)NC(CCC(=O)O)C(=O)O)CC1. The zero-order valence-corrected chi connectivity index (χ0v) is 11.4. The lowest BCUT2D eigenvalue weighted by atomic mass is 9.96. The number of likely N-dealkylation sites (tertiary alicyclic amines) is 1. The van der Waals surface area contributed by atoms with E-state index >= 15 is 0 Å². The standard InChI is InChI=1S/C12H19N3O6/c13-10(18)7-3-5-15(6-4-7)12(21)14-8(11(19)20)1-2-9(16)17/h7-8H,1-6H2,(H2,13,18)(H,14,21)(H,16,17)(H,19,20). The molecule has 0 bridgehead atoms. The van der Waals surface area contributed by atoms with Crippen LogP contribution in [0.5, 0.6) is 0 Å². The molecule has 5 N–H and O–H groups in total. The molecule has 0 saturated carbocycles. The van der Waals surface area contributed by atoms with Crippen LogP contribution in [0.1, 0.15) is 25.7 Å². The lowest BCUT2D eigenvalue weighted by Crippen LogP contribution is -2.51. The number of amides is 3. The molecule has 9 heteroatoms. The minimum atomic E-state index is -1.28. The second-order valence-corrected chi connectivity index (χ2v) is 4.94. The number of piperidine rings is 1. The number of carbonyl (C=O) groups is 4. The minimum absolute atomic E-state index is 0.186. The first kappa shape index (κ1) is 16.7. The Hall–Kier alpha value is -2.32. The highest BCUT2D eigenvalue weighted by Gasteiger charge is 2.28. The van der Waals surface area contributed by atoms with Crippen LogP contribution in [0.3, 0.4) is 0 Å². The lowest BCUT2D eigenvalue weighted by Gasteiger charge is -2.31. The van der Waals surface area contributed by atoms with Crippen molar-refractivity contribution in [2.75, 3.05) is 13.1 Å². The summed E-state index contributed by atoms with van der Waals surface area (Å²) in [6.45, 7) is 0.620. The summed E-state index contributed by atoms with van der Waals surface area (Å²) in [6, 6.07) is -1.82. The third kappa shape index (κ3) is 5.28. The predicted molar refractivity (Wildman–Crippen MR) is 70.3 cm³/mol. The van der Waals surface area contributed by atoms with E-state index < -0.39 is 29.9 Å². The number of aliphatic carboxylic acids is 2. The number of primary amides is 1. The van der Waals surface area contributed by atoms with Gasteiger partial charge in [-0.1, -0.05) is 0 Å². The van der Waals surface area contributed by atoms with Gasteiger partial charge in [0.25, 0.3) is 0 Å². The molecule has 0 aromatic rings. The number of carboxylic acid groups (broad SMARTS) is 2. The maximum Gasteiger partial charge on any atom is 0.326 e. The molecule has 0 radical (unpaired) electrons. The molecule has 1 aliphatic heterocycles. The number of hydrogen-bond donors (Lipinski definition) is 4. The zero-order chi connectivity index (χ0) is 16.0. The summed E-state index contributed by atoms with van der Waals surface area (Å²) in [5.41, 5.74) is 5.19. The van der Waals surface area contributed by atoms with Gasteiger partial charge in [-0.15, -0.1) is 0 Å². The van der Waals surface area contributed by atoms with Crippen molar-refractivity contribution in [3.8, 4) is 0 Å². The molecular formula is C12H19N3O6. The summed E-state index contributed by atoms with van der Waals surface area (Å²) in [6.07, 6.45) is 0.348. The summed E-state index contributed by atoms with van der Waals surface area (Å²) >= 11 is 0.